The van der Waals surface area contributed by atoms with Gasteiger partial charge in [0.2, 0.25) is 0 Å². The first-order chi connectivity index (χ1) is 15.1. The van der Waals surface area contributed by atoms with Gasteiger partial charge in [-0.05, 0) is 81.1 Å². The number of carbonyl (C=O) groups excluding carboxylic acids is 1. The van der Waals surface area contributed by atoms with Crippen LogP contribution in [0.1, 0.15) is 53.9 Å². The van der Waals surface area contributed by atoms with E-state index in [9.17, 15) is 4.79 Å². The molecule has 31 heavy (non-hydrogen) atoms. The lowest BCUT2D eigenvalue weighted by molar-refractivity contribution is 0.0953. The van der Waals surface area contributed by atoms with Crippen LogP contribution in [-0.4, -0.2) is 42.0 Å². The Labute approximate surface area is 193 Å². The number of H-pyrrole nitrogens is 1. The Morgan fingerprint density at radius 3 is 2.65 bits per heavy atom. The molecule has 4 nitrogen and oxygen atoms in total. The number of aromatic amines is 1. The molecule has 164 valence electrons. The predicted molar refractivity (Wildman–Crippen MR) is 129 cm³/mol. The van der Waals surface area contributed by atoms with Gasteiger partial charge >= 0.3 is 0 Å². The van der Waals surface area contributed by atoms with E-state index in [1.54, 1.807) is 18.2 Å². The van der Waals surface area contributed by atoms with Gasteiger partial charge in [0, 0.05) is 29.2 Å². The first-order valence-corrected chi connectivity index (χ1v) is 11.9. The van der Waals surface area contributed by atoms with Gasteiger partial charge in [-0.2, -0.15) is 0 Å². The van der Waals surface area contributed by atoms with Crippen molar-refractivity contribution < 1.29 is 4.79 Å². The number of nitrogens with zero attached hydrogens (tertiary/aromatic N) is 1. The molecule has 1 fully saturated rings. The van der Waals surface area contributed by atoms with Gasteiger partial charge in [0.1, 0.15) is 0 Å². The van der Waals surface area contributed by atoms with E-state index in [-0.39, 0.29) is 5.91 Å². The van der Waals surface area contributed by atoms with Crippen molar-refractivity contribution >= 4 is 40.0 Å². The highest BCUT2D eigenvalue weighted by Crippen LogP contribution is 2.33. The summed E-state index contributed by atoms with van der Waals surface area (Å²) in [6.45, 7) is 4.15. The number of unbranched alkanes of at least 4 members (excludes halogenated alkanes) is 2. The van der Waals surface area contributed by atoms with Crippen LogP contribution < -0.4 is 5.32 Å². The lowest BCUT2D eigenvalue weighted by Gasteiger charge is -2.32. The third-order valence-electron chi connectivity index (χ3n) is 6.27. The third kappa shape index (κ3) is 5.62. The smallest absolute Gasteiger partial charge is 0.251 e. The summed E-state index contributed by atoms with van der Waals surface area (Å²) in [5.41, 5.74) is 3.27. The SMILES string of the molecule is O=C(NCCCCCN1CCC(c2c[nH]c3ccccc23)CC1)c1ccc(Cl)c(Cl)c1. The minimum absolute atomic E-state index is 0.0991. The number of amides is 1. The van der Waals surface area contributed by atoms with E-state index < -0.39 is 0 Å². The Morgan fingerprint density at radius 1 is 1.03 bits per heavy atom. The molecule has 1 amide bonds. The normalized spacial score (nSPS) is 15.4. The number of aromatic nitrogens is 1. The number of hydrogen-bond acceptors (Lipinski definition) is 2. The van der Waals surface area contributed by atoms with E-state index >= 15 is 0 Å². The van der Waals surface area contributed by atoms with Crippen molar-refractivity contribution in [1.29, 1.82) is 0 Å². The molecule has 3 aromatic rings. The molecule has 2 heterocycles. The highest BCUT2D eigenvalue weighted by atomic mass is 35.5. The summed E-state index contributed by atoms with van der Waals surface area (Å²) in [5.74, 6) is 0.557. The van der Waals surface area contributed by atoms with Gasteiger partial charge in [0.25, 0.3) is 5.91 Å². The predicted octanol–water partition coefficient (Wildman–Crippen LogP) is 6.25. The molecular weight excluding hydrogens is 429 g/mol. The van der Waals surface area contributed by atoms with Crippen molar-refractivity contribution in [2.24, 2.45) is 0 Å². The summed E-state index contributed by atoms with van der Waals surface area (Å²) in [6, 6.07) is 13.6. The Bertz CT molecular complexity index is 1020. The van der Waals surface area contributed by atoms with Gasteiger partial charge in [-0.25, -0.2) is 0 Å². The maximum Gasteiger partial charge on any atom is 0.251 e. The number of carbonyl (C=O) groups is 1. The van der Waals surface area contributed by atoms with Crippen LogP contribution >= 0.6 is 23.2 Å². The Morgan fingerprint density at radius 2 is 1.84 bits per heavy atom. The number of hydrogen-bond donors (Lipinski definition) is 2. The van der Waals surface area contributed by atoms with Gasteiger partial charge < -0.3 is 15.2 Å². The van der Waals surface area contributed by atoms with Crippen molar-refractivity contribution in [3.63, 3.8) is 0 Å². The molecule has 1 saturated heterocycles. The molecule has 2 N–H and O–H groups in total. The van der Waals surface area contributed by atoms with Crippen LogP contribution in [0.3, 0.4) is 0 Å². The average molecular weight is 458 g/mol. The van der Waals surface area contributed by atoms with Gasteiger partial charge in [0.15, 0.2) is 0 Å². The van der Waals surface area contributed by atoms with Crippen LogP contribution in [0.4, 0.5) is 0 Å². The number of piperidine rings is 1. The number of benzene rings is 2. The number of halogens is 2. The molecule has 0 radical (unpaired) electrons. The molecule has 2 aromatic carbocycles. The van der Waals surface area contributed by atoms with Crippen molar-refractivity contribution in [3.05, 3.63) is 69.8 Å². The van der Waals surface area contributed by atoms with E-state index in [4.69, 9.17) is 23.2 Å². The third-order valence-corrected chi connectivity index (χ3v) is 7.01. The fourth-order valence-electron chi connectivity index (χ4n) is 4.48. The molecule has 0 spiro atoms. The van der Waals surface area contributed by atoms with Gasteiger partial charge in [-0.15, -0.1) is 0 Å². The topological polar surface area (TPSA) is 48.1 Å². The molecular formula is C25H29Cl2N3O. The number of fused-ring (bicyclic) bond motifs is 1. The lowest BCUT2D eigenvalue weighted by atomic mass is 9.89. The van der Waals surface area contributed by atoms with Crippen LogP contribution in [0.15, 0.2) is 48.7 Å². The second-order valence-corrected chi connectivity index (χ2v) is 9.17. The summed E-state index contributed by atoms with van der Waals surface area (Å²) in [6.07, 6.45) is 7.92. The summed E-state index contributed by atoms with van der Waals surface area (Å²) in [5, 5.41) is 5.21. The second kappa shape index (κ2) is 10.5. The van der Waals surface area contributed by atoms with Crippen LogP contribution in [0.5, 0.6) is 0 Å². The molecule has 0 atom stereocenters. The van der Waals surface area contributed by atoms with Crippen molar-refractivity contribution in [2.75, 3.05) is 26.2 Å². The zero-order valence-corrected chi connectivity index (χ0v) is 19.2. The monoisotopic (exact) mass is 457 g/mol. The summed E-state index contributed by atoms with van der Waals surface area (Å²) >= 11 is 11.9. The van der Waals surface area contributed by atoms with Crippen LogP contribution in [0.2, 0.25) is 10.0 Å². The van der Waals surface area contributed by atoms with Crippen LogP contribution in [0.25, 0.3) is 10.9 Å². The Balaban J connectivity index is 1.12. The first-order valence-electron chi connectivity index (χ1n) is 11.1. The summed E-state index contributed by atoms with van der Waals surface area (Å²) in [7, 11) is 0. The molecule has 0 saturated carbocycles. The quantitative estimate of drug-likeness (QED) is 0.392. The molecule has 1 aromatic heterocycles. The molecule has 1 aliphatic heterocycles. The number of likely N-dealkylation sites (tertiary alicyclic amines) is 1. The minimum Gasteiger partial charge on any atom is -0.361 e. The van der Waals surface area contributed by atoms with E-state index in [1.165, 1.54) is 35.7 Å². The lowest BCUT2D eigenvalue weighted by Crippen LogP contribution is -2.33. The maximum atomic E-state index is 12.2. The van der Waals surface area contributed by atoms with Crippen LogP contribution in [0, 0.1) is 0 Å². The van der Waals surface area contributed by atoms with E-state index in [0.29, 0.717) is 28.1 Å². The molecule has 0 unspecified atom stereocenters. The molecule has 4 rings (SSSR count). The average Bonchev–Trinajstić information content (AvgIpc) is 3.22. The van der Waals surface area contributed by atoms with Crippen LogP contribution in [-0.2, 0) is 0 Å². The van der Waals surface area contributed by atoms with Crippen molar-refractivity contribution in [3.8, 4) is 0 Å². The standard InChI is InChI=1S/C25H29Cl2N3O/c26-22-9-8-19(16-23(22)27)25(31)28-12-4-1-5-13-30-14-10-18(11-15-30)21-17-29-24-7-3-2-6-20(21)24/h2-3,6-9,16-18,29H,1,4-5,10-15H2,(H,28,31). The van der Waals surface area contributed by atoms with E-state index in [2.05, 4.69) is 45.7 Å². The minimum atomic E-state index is -0.0991. The zero-order valence-electron chi connectivity index (χ0n) is 17.7. The van der Waals surface area contributed by atoms with Gasteiger partial charge in [-0.3, -0.25) is 4.79 Å². The molecule has 1 aliphatic rings. The van der Waals surface area contributed by atoms with Gasteiger partial charge in [0.05, 0.1) is 10.0 Å². The second-order valence-electron chi connectivity index (χ2n) is 8.35. The highest BCUT2D eigenvalue weighted by Gasteiger charge is 2.22. The van der Waals surface area contributed by atoms with Crippen molar-refractivity contribution in [1.82, 2.24) is 15.2 Å². The maximum absolute atomic E-state index is 12.2. The molecule has 6 heteroatoms. The number of nitrogens with one attached hydrogen (secondary N) is 2. The van der Waals surface area contributed by atoms with Crippen molar-refractivity contribution in [2.45, 2.75) is 38.0 Å². The summed E-state index contributed by atoms with van der Waals surface area (Å²) in [4.78, 5) is 18.2. The zero-order chi connectivity index (χ0) is 21.6. The molecule has 0 aliphatic carbocycles. The number of rotatable bonds is 8. The first kappa shape index (κ1) is 22.2. The summed E-state index contributed by atoms with van der Waals surface area (Å²) < 4.78 is 0. The highest BCUT2D eigenvalue weighted by molar-refractivity contribution is 6.42. The van der Waals surface area contributed by atoms with E-state index in [0.717, 1.165) is 32.5 Å². The van der Waals surface area contributed by atoms with Gasteiger partial charge in [-0.1, -0.05) is 47.8 Å². The Hall–Kier alpha value is -2.01. The van der Waals surface area contributed by atoms with E-state index in [1.807, 2.05) is 0 Å². The Kier molecular flexibility index (Phi) is 7.54. The fraction of sp³-hybridized carbons (Fsp3) is 0.400. The largest absolute Gasteiger partial charge is 0.361 e. The number of para-hydroxylation sites is 1. The fourth-order valence-corrected chi connectivity index (χ4v) is 4.78. The molecule has 0 bridgehead atoms.